The van der Waals surface area contributed by atoms with Gasteiger partial charge in [-0.15, -0.1) is 0 Å². The van der Waals surface area contributed by atoms with Gasteiger partial charge in [-0.3, -0.25) is 4.79 Å². The van der Waals surface area contributed by atoms with E-state index in [2.05, 4.69) is 9.97 Å². The summed E-state index contributed by atoms with van der Waals surface area (Å²) < 4.78 is 0. The first-order valence-electron chi connectivity index (χ1n) is 5.68. The van der Waals surface area contributed by atoms with Gasteiger partial charge >= 0.3 is 0 Å². The Hall–Kier alpha value is -2.33. The lowest BCUT2D eigenvalue weighted by Gasteiger charge is -2.02. The van der Waals surface area contributed by atoms with Crippen LogP contribution in [0.3, 0.4) is 0 Å². The Morgan fingerprint density at radius 2 is 2.16 bits per heavy atom. The van der Waals surface area contributed by atoms with Crippen LogP contribution in [-0.4, -0.2) is 15.8 Å². The van der Waals surface area contributed by atoms with Gasteiger partial charge in [-0.25, -0.2) is 4.98 Å². The monoisotopic (exact) mass is 271 g/mol. The molecule has 0 amide bonds. The van der Waals surface area contributed by atoms with E-state index in [4.69, 9.17) is 17.3 Å². The summed E-state index contributed by atoms with van der Waals surface area (Å²) in [6, 6.07) is 8.52. The molecular weight excluding hydrogens is 262 g/mol. The van der Waals surface area contributed by atoms with Crippen LogP contribution in [-0.2, 0) is 0 Å². The molecule has 94 valence electrons. The molecule has 0 aliphatic heterocycles. The van der Waals surface area contributed by atoms with Crippen molar-refractivity contribution in [2.75, 3.05) is 5.73 Å². The predicted molar refractivity (Wildman–Crippen MR) is 75.4 cm³/mol. The number of anilines is 1. The van der Waals surface area contributed by atoms with Gasteiger partial charge in [0.1, 0.15) is 5.65 Å². The average molecular weight is 272 g/mol. The summed E-state index contributed by atoms with van der Waals surface area (Å²) in [7, 11) is 0. The number of nitrogens with zero attached hydrogens (tertiary/aromatic N) is 1. The first-order valence-corrected chi connectivity index (χ1v) is 6.06. The molecule has 0 aliphatic carbocycles. The number of nitrogens with two attached hydrogens (primary N) is 1. The van der Waals surface area contributed by atoms with Crippen molar-refractivity contribution < 1.29 is 4.79 Å². The molecule has 3 N–H and O–H groups in total. The Bertz CT molecular complexity index is 779. The molecule has 0 radical (unpaired) electrons. The molecule has 0 bridgehead atoms. The van der Waals surface area contributed by atoms with E-state index in [0.29, 0.717) is 27.5 Å². The summed E-state index contributed by atoms with van der Waals surface area (Å²) in [6.45, 7) is 0. The predicted octanol–water partition coefficient (Wildman–Crippen LogP) is 3.03. The van der Waals surface area contributed by atoms with Gasteiger partial charge in [-0.1, -0.05) is 11.6 Å². The van der Waals surface area contributed by atoms with Crippen molar-refractivity contribution in [3.05, 3.63) is 58.9 Å². The van der Waals surface area contributed by atoms with E-state index in [-0.39, 0.29) is 5.78 Å². The maximum absolute atomic E-state index is 12.4. The fourth-order valence-electron chi connectivity index (χ4n) is 1.98. The number of nitrogens with one attached hydrogen (secondary N) is 1. The number of aromatic nitrogens is 2. The fraction of sp³-hybridized carbons (Fsp3) is 0. The third-order valence-corrected chi connectivity index (χ3v) is 3.30. The number of fused-ring (bicyclic) bond motifs is 1. The second kappa shape index (κ2) is 4.40. The van der Waals surface area contributed by atoms with E-state index in [9.17, 15) is 4.79 Å². The van der Waals surface area contributed by atoms with Crippen LogP contribution in [0.5, 0.6) is 0 Å². The zero-order valence-corrected chi connectivity index (χ0v) is 10.6. The number of hydrogen-bond acceptors (Lipinski definition) is 3. The number of benzene rings is 1. The maximum Gasteiger partial charge on any atom is 0.195 e. The van der Waals surface area contributed by atoms with Gasteiger partial charge in [-0.2, -0.15) is 0 Å². The topological polar surface area (TPSA) is 71.8 Å². The van der Waals surface area contributed by atoms with Gasteiger partial charge in [0, 0.05) is 28.9 Å². The number of carbonyl (C=O) groups is 1. The summed E-state index contributed by atoms with van der Waals surface area (Å²) >= 11 is 5.85. The van der Waals surface area contributed by atoms with Crippen molar-refractivity contribution in [2.45, 2.75) is 0 Å². The zero-order chi connectivity index (χ0) is 13.4. The lowest BCUT2D eigenvalue weighted by molar-refractivity contribution is 0.104. The second-order valence-corrected chi connectivity index (χ2v) is 4.57. The van der Waals surface area contributed by atoms with E-state index in [0.717, 1.165) is 5.39 Å². The number of nitrogen functional groups attached to an aromatic ring is 1. The number of pyridine rings is 1. The molecule has 5 heteroatoms. The molecular formula is C14H10ClN3O. The third-order valence-electron chi connectivity index (χ3n) is 2.95. The maximum atomic E-state index is 12.4. The molecule has 19 heavy (non-hydrogen) atoms. The molecule has 0 unspecified atom stereocenters. The van der Waals surface area contributed by atoms with Gasteiger partial charge in [0.25, 0.3) is 0 Å². The first kappa shape index (κ1) is 11.7. The quantitative estimate of drug-likeness (QED) is 0.556. The molecule has 0 spiro atoms. The Balaban J connectivity index is 2.11. The van der Waals surface area contributed by atoms with Gasteiger partial charge in [-0.05, 0) is 30.3 Å². The molecule has 0 aliphatic rings. The van der Waals surface area contributed by atoms with Crippen molar-refractivity contribution in [3.63, 3.8) is 0 Å². The standard InChI is InChI=1S/C14H10ClN3O/c15-11-4-3-8(6-12(11)16)13(19)10-7-18-14-9(10)2-1-5-17-14/h1-7H,16H2,(H,17,18). The first-order chi connectivity index (χ1) is 9.16. The van der Waals surface area contributed by atoms with Gasteiger partial charge < -0.3 is 10.7 Å². The van der Waals surface area contributed by atoms with Crippen molar-refractivity contribution in [1.82, 2.24) is 9.97 Å². The number of aromatic amines is 1. The van der Waals surface area contributed by atoms with E-state index >= 15 is 0 Å². The van der Waals surface area contributed by atoms with Crippen LogP contribution in [0.25, 0.3) is 11.0 Å². The van der Waals surface area contributed by atoms with Crippen LogP contribution < -0.4 is 5.73 Å². The molecule has 1 aromatic carbocycles. The highest BCUT2D eigenvalue weighted by Gasteiger charge is 2.15. The van der Waals surface area contributed by atoms with Crippen LogP contribution in [0.2, 0.25) is 5.02 Å². The number of ketones is 1. The summed E-state index contributed by atoms with van der Waals surface area (Å²) in [5.41, 5.74) is 7.88. The highest BCUT2D eigenvalue weighted by molar-refractivity contribution is 6.33. The van der Waals surface area contributed by atoms with E-state index in [1.165, 1.54) is 0 Å². The largest absolute Gasteiger partial charge is 0.398 e. The SMILES string of the molecule is Nc1cc(C(=O)c2c[nH]c3ncccc23)ccc1Cl. The molecule has 3 aromatic rings. The van der Waals surface area contributed by atoms with Crippen LogP contribution in [0.4, 0.5) is 5.69 Å². The number of H-pyrrole nitrogens is 1. The number of rotatable bonds is 2. The fourth-order valence-corrected chi connectivity index (χ4v) is 2.10. The number of hydrogen-bond donors (Lipinski definition) is 2. The van der Waals surface area contributed by atoms with Crippen LogP contribution in [0, 0.1) is 0 Å². The molecule has 0 fully saturated rings. The number of carbonyl (C=O) groups excluding carboxylic acids is 1. The Kier molecular flexibility index (Phi) is 2.72. The Labute approximate surface area is 114 Å². The van der Waals surface area contributed by atoms with Gasteiger partial charge in [0.05, 0.1) is 10.7 Å². The van der Waals surface area contributed by atoms with Crippen LogP contribution in [0.1, 0.15) is 15.9 Å². The molecule has 0 atom stereocenters. The van der Waals surface area contributed by atoms with E-state index < -0.39 is 0 Å². The lowest BCUT2D eigenvalue weighted by Crippen LogP contribution is -2.01. The Morgan fingerprint density at radius 1 is 1.32 bits per heavy atom. The highest BCUT2D eigenvalue weighted by Crippen LogP contribution is 2.24. The third kappa shape index (κ3) is 1.96. The van der Waals surface area contributed by atoms with Crippen LogP contribution >= 0.6 is 11.6 Å². The van der Waals surface area contributed by atoms with Crippen LogP contribution in [0.15, 0.2) is 42.7 Å². The zero-order valence-electron chi connectivity index (χ0n) is 9.85. The lowest BCUT2D eigenvalue weighted by atomic mass is 10.0. The number of halogens is 1. The van der Waals surface area contributed by atoms with Gasteiger partial charge in [0.2, 0.25) is 0 Å². The molecule has 0 saturated carbocycles. The molecule has 2 aromatic heterocycles. The van der Waals surface area contributed by atoms with Crippen molar-refractivity contribution in [1.29, 1.82) is 0 Å². The van der Waals surface area contributed by atoms with Crippen molar-refractivity contribution in [2.24, 2.45) is 0 Å². The summed E-state index contributed by atoms with van der Waals surface area (Å²) in [5, 5.41) is 1.23. The van der Waals surface area contributed by atoms with Crippen molar-refractivity contribution in [3.8, 4) is 0 Å². The second-order valence-electron chi connectivity index (χ2n) is 4.17. The smallest absolute Gasteiger partial charge is 0.195 e. The minimum Gasteiger partial charge on any atom is -0.398 e. The summed E-state index contributed by atoms with van der Waals surface area (Å²) in [4.78, 5) is 19.6. The molecule has 4 nitrogen and oxygen atoms in total. The average Bonchev–Trinajstić information content (AvgIpc) is 2.85. The van der Waals surface area contributed by atoms with Crippen molar-refractivity contribution >= 4 is 34.1 Å². The van der Waals surface area contributed by atoms with Gasteiger partial charge in [0.15, 0.2) is 5.78 Å². The van der Waals surface area contributed by atoms with E-state index in [1.54, 1.807) is 36.7 Å². The summed E-state index contributed by atoms with van der Waals surface area (Å²) in [5.74, 6) is -0.109. The van der Waals surface area contributed by atoms with E-state index in [1.807, 2.05) is 6.07 Å². The minimum atomic E-state index is -0.109. The molecule has 0 saturated heterocycles. The molecule has 3 rings (SSSR count). The highest BCUT2D eigenvalue weighted by atomic mass is 35.5. The Morgan fingerprint density at radius 3 is 2.95 bits per heavy atom. The summed E-state index contributed by atoms with van der Waals surface area (Å²) in [6.07, 6.45) is 3.33. The minimum absolute atomic E-state index is 0.109. The normalized spacial score (nSPS) is 10.8. The molecule has 2 heterocycles.